The topological polar surface area (TPSA) is 36.4 Å². The number of rotatable bonds is 5. The first-order valence-electron chi connectivity index (χ1n) is 7.45. The van der Waals surface area contributed by atoms with Crippen LogP contribution in [0.2, 0.25) is 0 Å². The molecule has 0 bridgehead atoms. The van der Waals surface area contributed by atoms with Gasteiger partial charge in [0.05, 0.1) is 12.1 Å². The van der Waals surface area contributed by atoms with Crippen LogP contribution in [0.25, 0.3) is 0 Å². The maximum atomic E-state index is 12.6. The van der Waals surface area contributed by atoms with Crippen LogP contribution in [-0.2, 0) is 0 Å². The summed E-state index contributed by atoms with van der Waals surface area (Å²) in [7, 11) is 0. The second kappa shape index (κ2) is 5.95. The van der Waals surface area contributed by atoms with E-state index in [1.54, 1.807) is 6.07 Å². The lowest BCUT2D eigenvalue weighted by molar-refractivity contribution is 0.0534. The molecule has 0 radical (unpaired) electrons. The summed E-state index contributed by atoms with van der Waals surface area (Å²) in [5.41, 5.74) is 0.394. The van der Waals surface area contributed by atoms with Gasteiger partial charge in [-0.15, -0.1) is 0 Å². The predicted molar refractivity (Wildman–Crippen MR) is 75.7 cm³/mol. The van der Waals surface area contributed by atoms with Crippen LogP contribution in [0, 0.1) is 0 Å². The van der Waals surface area contributed by atoms with Crippen molar-refractivity contribution in [2.24, 2.45) is 0 Å². The van der Waals surface area contributed by atoms with E-state index in [4.69, 9.17) is 0 Å². The number of halogens is 2. The standard InChI is InChI=1S/C15H19F2N3O/c16-13(17)10-20(12-4-5-12)15(21)11-3-6-14(18-9-11)19-7-1-2-8-19/h3,6,9,12-13H,1-2,4-5,7-8,10H2. The first kappa shape index (κ1) is 14.2. The lowest BCUT2D eigenvalue weighted by Gasteiger charge is -2.22. The molecule has 1 saturated heterocycles. The van der Waals surface area contributed by atoms with Gasteiger partial charge in [0.25, 0.3) is 12.3 Å². The Balaban J connectivity index is 1.71. The fraction of sp³-hybridized carbons (Fsp3) is 0.600. The Kier molecular flexibility index (Phi) is 4.03. The largest absolute Gasteiger partial charge is 0.357 e. The van der Waals surface area contributed by atoms with Crippen molar-refractivity contribution in [3.8, 4) is 0 Å². The van der Waals surface area contributed by atoms with Crippen LogP contribution in [0.1, 0.15) is 36.0 Å². The maximum Gasteiger partial charge on any atom is 0.255 e. The minimum atomic E-state index is -2.49. The van der Waals surface area contributed by atoms with Gasteiger partial charge in [0.2, 0.25) is 0 Å². The predicted octanol–water partition coefficient (Wildman–Crippen LogP) is 2.55. The first-order chi connectivity index (χ1) is 10.1. The molecule has 4 nitrogen and oxygen atoms in total. The van der Waals surface area contributed by atoms with Crippen molar-refractivity contribution < 1.29 is 13.6 Å². The van der Waals surface area contributed by atoms with E-state index in [0.29, 0.717) is 5.56 Å². The average Bonchev–Trinajstić information content (AvgIpc) is 3.18. The molecule has 1 aromatic heterocycles. The second-order valence-electron chi connectivity index (χ2n) is 5.68. The molecule has 2 fully saturated rings. The highest BCUT2D eigenvalue weighted by molar-refractivity contribution is 5.94. The van der Waals surface area contributed by atoms with Crippen LogP contribution in [0.5, 0.6) is 0 Å². The Morgan fingerprint density at radius 2 is 2.05 bits per heavy atom. The summed E-state index contributed by atoms with van der Waals surface area (Å²) < 4.78 is 25.2. The number of pyridine rings is 1. The number of aromatic nitrogens is 1. The molecule has 0 spiro atoms. The van der Waals surface area contributed by atoms with Crippen LogP contribution < -0.4 is 4.90 Å². The molecule has 1 aromatic rings. The molecule has 1 amide bonds. The van der Waals surface area contributed by atoms with E-state index in [1.807, 2.05) is 6.07 Å². The Morgan fingerprint density at radius 1 is 1.33 bits per heavy atom. The molecular formula is C15H19F2N3O. The van der Waals surface area contributed by atoms with Crippen LogP contribution in [-0.4, -0.2) is 47.9 Å². The normalized spacial score (nSPS) is 18.3. The summed E-state index contributed by atoms with van der Waals surface area (Å²) in [4.78, 5) is 20.1. The second-order valence-corrected chi connectivity index (χ2v) is 5.68. The van der Waals surface area contributed by atoms with Gasteiger partial charge in [-0.1, -0.05) is 0 Å². The van der Waals surface area contributed by atoms with Crippen LogP contribution in [0.4, 0.5) is 14.6 Å². The quantitative estimate of drug-likeness (QED) is 0.837. The van der Waals surface area contributed by atoms with E-state index < -0.39 is 13.0 Å². The zero-order chi connectivity index (χ0) is 14.8. The number of carbonyl (C=O) groups is 1. The van der Waals surface area contributed by atoms with E-state index >= 15 is 0 Å². The van der Waals surface area contributed by atoms with Gasteiger partial charge in [-0.3, -0.25) is 4.79 Å². The van der Waals surface area contributed by atoms with Gasteiger partial charge in [0.15, 0.2) is 0 Å². The summed E-state index contributed by atoms with van der Waals surface area (Å²) in [5.74, 6) is 0.522. The van der Waals surface area contributed by atoms with E-state index in [-0.39, 0.29) is 11.9 Å². The fourth-order valence-electron chi connectivity index (χ4n) is 2.74. The number of carbonyl (C=O) groups excluding carboxylic acids is 1. The zero-order valence-electron chi connectivity index (χ0n) is 11.8. The molecule has 0 aromatic carbocycles. The molecule has 0 atom stereocenters. The number of anilines is 1. The van der Waals surface area contributed by atoms with Gasteiger partial charge in [-0.2, -0.15) is 0 Å². The van der Waals surface area contributed by atoms with Crippen molar-refractivity contribution in [1.29, 1.82) is 0 Å². The van der Waals surface area contributed by atoms with Crippen LogP contribution in [0.3, 0.4) is 0 Å². The first-order valence-corrected chi connectivity index (χ1v) is 7.45. The molecule has 1 aliphatic carbocycles. The molecule has 0 unspecified atom stereocenters. The van der Waals surface area contributed by atoms with Crippen molar-refractivity contribution in [3.05, 3.63) is 23.9 Å². The summed E-state index contributed by atoms with van der Waals surface area (Å²) in [5, 5.41) is 0. The Morgan fingerprint density at radius 3 is 2.57 bits per heavy atom. The van der Waals surface area contributed by atoms with E-state index in [2.05, 4.69) is 9.88 Å². The monoisotopic (exact) mass is 295 g/mol. The van der Waals surface area contributed by atoms with Gasteiger partial charge >= 0.3 is 0 Å². The molecule has 1 aliphatic heterocycles. The summed E-state index contributed by atoms with van der Waals surface area (Å²) >= 11 is 0. The Labute approximate surface area is 122 Å². The summed E-state index contributed by atoms with van der Waals surface area (Å²) in [6, 6.07) is 3.49. The molecule has 2 heterocycles. The molecule has 3 rings (SSSR count). The van der Waals surface area contributed by atoms with Crippen molar-refractivity contribution in [2.75, 3.05) is 24.5 Å². The number of amides is 1. The van der Waals surface area contributed by atoms with Gasteiger partial charge in [0, 0.05) is 25.3 Å². The molecule has 114 valence electrons. The molecule has 21 heavy (non-hydrogen) atoms. The highest BCUT2D eigenvalue weighted by Crippen LogP contribution is 2.29. The molecular weight excluding hydrogens is 276 g/mol. The van der Waals surface area contributed by atoms with E-state index in [9.17, 15) is 13.6 Å². The van der Waals surface area contributed by atoms with Gasteiger partial charge in [0.1, 0.15) is 5.82 Å². The number of hydrogen-bond donors (Lipinski definition) is 0. The molecule has 6 heteroatoms. The fourth-order valence-corrected chi connectivity index (χ4v) is 2.74. The van der Waals surface area contributed by atoms with Gasteiger partial charge < -0.3 is 9.80 Å². The van der Waals surface area contributed by atoms with Gasteiger partial charge in [-0.05, 0) is 37.8 Å². The minimum absolute atomic E-state index is 0.0234. The molecule has 0 N–H and O–H groups in total. The van der Waals surface area contributed by atoms with Gasteiger partial charge in [-0.25, -0.2) is 13.8 Å². The molecule has 1 saturated carbocycles. The summed E-state index contributed by atoms with van der Waals surface area (Å²) in [6.07, 6.45) is 2.97. The van der Waals surface area contributed by atoms with Crippen molar-refractivity contribution in [2.45, 2.75) is 38.2 Å². The highest BCUT2D eigenvalue weighted by Gasteiger charge is 2.34. The lowest BCUT2D eigenvalue weighted by atomic mass is 10.2. The number of hydrogen-bond acceptors (Lipinski definition) is 3. The van der Waals surface area contributed by atoms with Crippen molar-refractivity contribution in [3.63, 3.8) is 0 Å². The summed E-state index contributed by atoms with van der Waals surface area (Å²) in [6.45, 7) is 1.48. The average molecular weight is 295 g/mol. The van der Waals surface area contributed by atoms with Crippen LogP contribution in [0.15, 0.2) is 18.3 Å². The number of nitrogens with zero attached hydrogens (tertiary/aromatic N) is 3. The third-order valence-electron chi connectivity index (χ3n) is 4.01. The van der Waals surface area contributed by atoms with E-state index in [0.717, 1.165) is 44.6 Å². The highest BCUT2D eigenvalue weighted by atomic mass is 19.3. The smallest absolute Gasteiger partial charge is 0.255 e. The third kappa shape index (κ3) is 3.31. The Bertz CT molecular complexity index is 496. The van der Waals surface area contributed by atoms with E-state index in [1.165, 1.54) is 11.1 Å². The Hall–Kier alpha value is -1.72. The van der Waals surface area contributed by atoms with Crippen LogP contribution >= 0.6 is 0 Å². The number of alkyl halides is 2. The maximum absolute atomic E-state index is 12.6. The lowest BCUT2D eigenvalue weighted by Crippen LogP contribution is -2.37. The van der Waals surface area contributed by atoms with Crippen molar-refractivity contribution >= 4 is 11.7 Å². The molecule has 2 aliphatic rings. The SMILES string of the molecule is O=C(c1ccc(N2CCCC2)nc1)N(CC(F)F)C1CC1. The third-order valence-corrected chi connectivity index (χ3v) is 4.01. The zero-order valence-corrected chi connectivity index (χ0v) is 11.8. The minimum Gasteiger partial charge on any atom is -0.357 e. The van der Waals surface area contributed by atoms with Crippen molar-refractivity contribution in [1.82, 2.24) is 9.88 Å².